The molecule has 0 fully saturated rings. The molecule has 0 heterocycles. The Balaban J connectivity index is 2.56. The van der Waals surface area contributed by atoms with Crippen molar-refractivity contribution in [3.63, 3.8) is 0 Å². The van der Waals surface area contributed by atoms with Crippen molar-refractivity contribution in [1.29, 1.82) is 0 Å². The molecule has 0 radical (unpaired) electrons. The van der Waals surface area contributed by atoms with Gasteiger partial charge in [-0.2, -0.15) is 0 Å². The number of benzene rings is 1. The predicted molar refractivity (Wildman–Crippen MR) is 52.6 cm³/mol. The molecule has 0 spiro atoms. The Morgan fingerprint density at radius 2 is 1.62 bits per heavy atom. The third-order valence-electron chi connectivity index (χ3n) is 2.02. The van der Waals surface area contributed by atoms with Gasteiger partial charge in [0.05, 0.1) is 0 Å². The topological polar surface area (TPSA) is 40.5 Å². The van der Waals surface area contributed by atoms with Crippen LogP contribution in [0, 0.1) is 0 Å². The molecule has 1 aromatic rings. The molecular weight excluding hydrogens is 164 g/mol. The van der Waals surface area contributed by atoms with Crippen molar-refractivity contribution < 1.29 is 10.2 Å². The zero-order valence-corrected chi connectivity index (χ0v) is 7.74. The molecule has 1 rings (SSSR count). The van der Waals surface area contributed by atoms with E-state index >= 15 is 0 Å². The number of hydrogen-bond donors (Lipinski definition) is 2. The molecular formula is C11H16O2. The van der Waals surface area contributed by atoms with Crippen molar-refractivity contribution in [3.8, 4) is 0 Å². The Morgan fingerprint density at radius 3 is 2.23 bits per heavy atom. The van der Waals surface area contributed by atoms with Gasteiger partial charge >= 0.3 is 0 Å². The van der Waals surface area contributed by atoms with E-state index in [2.05, 4.69) is 12.1 Å². The molecule has 13 heavy (non-hydrogen) atoms. The maximum absolute atomic E-state index is 8.75. The molecule has 1 aromatic carbocycles. The summed E-state index contributed by atoms with van der Waals surface area (Å²) in [5.41, 5.74) is 2.40. The van der Waals surface area contributed by atoms with E-state index < -0.39 is 0 Å². The molecule has 2 N–H and O–H groups in total. The molecule has 0 saturated heterocycles. The third-order valence-corrected chi connectivity index (χ3v) is 2.02. The molecule has 0 saturated carbocycles. The van der Waals surface area contributed by atoms with E-state index in [-0.39, 0.29) is 13.2 Å². The fraction of sp³-hybridized carbons (Fsp3) is 0.455. The molecule has 0 atom stereocenters. The predicted octanol–water partition coefficient (Wildman–Crippen LogP) is 1.15. The van der Waals surface area contributed by atoms with Crippen molar-refractivity contribution in [2.75, 3.05) is 13.2 Å². The first-order chi connectivity index (χ1) is 6.36. The second-order valence-electron chi connectivity index (χ2n) is 3.12. The first kappa shape index (κ1) is 10.2. The van der Waals surface area contributed by atoms with Crippen LogP contribution >= 0.6 is 0 Å². The molecule has 0 aliphatic rings. The Morgan fingerprint density at radius 1 is 0.923 bits per heavy atom. The highest BCUT2D eigenvalue weighted by Gasteiger charge is 1.95. The quantitative estimate of drug-likeness (QED) is 0.713. The maximum atomic E-state index is 8.75. The second kappa shape index (κ2) is 5.73. The van der Waals surface area contributed by atoms with Crippen molar-refractivity contribution in [3.05, 3.63) is 35.4 Å². The summed E-state index contributed by atoms with van der Waals surface area (Å²) >= 11 is 0. The second-order valence-corrected chi connectivity index (χ2v) is 3.12. The van der Waals surface area contributed by atoms with Crippen LogP contribution in [0.3, 0.4) is 0 Å². The average Bonchev–Trinajstić information content (AvgIpc) is 2.16. The first-order valence-electron chi connectivity index (χ1n) is 4.66. The average molecular weight is 180 g/mol. The summed E-state index contributed by atoms with van der Waals surface area (Å²) in [5, 5.41) is 17.4. The molecule has 0 aliphatic heterocycles. The standard InChI is InChI=1S/C11H16O2/c12-7-2-5-10-3-1-4-11(9-10)6-8-13/h1,3-4,9,12-13H,2,5-8H2. The van der Waals surface area contributed by atoms with Gasteiger partial charge in [0.2, 0.25) is 0 Å². The van der Waals surface area contributed by atoms with Crippen LogP contribution in [0.1, 0.15) is 17.5 Å². The van der Waals surface area contributed by atoms with E-state index in [4.69, 9.17) is 10.2 Å². The van der Waals surface area contributed by atoms with Crippen LogP contribution < -0.4 is 0 Å². The van der Waals surface area contributed by atoms with Crippen LogP contribution in [0.5, 0.6) is 0 Å². The summed E-state index contributed by atoms with van der Waals surface area (Å²) in [7, 11) is 0. The highest BCUT2D eigenvalue weighted by Crippen LogP contribution is 2.07. The number of aliphatic hydroxyl groups is 2. The highest BCUT2D eigenvalue weighted by molar-refractivity contribution is 5.23. The van der Waals surface area contributed by atoms with Gasteiger partial charge in [-0.25, -0.2) is 0 Å². The maximum Gasteiger partial charge on any atom is 0.0471 e. The largest absolute Gasteiger partial charge is 0.396 e. The summed E-state index contributed by atoms with van der Waals surface area (Å²) in [6, 6.07) is 8.15. The lowest BCUT2D eigenvalue weighted by atomic mass is 10.1. The summed E-state index contributed by atoms with van der Waals surface area (Å²) in [4.78, 5) is 0. The third kappa shape index (κ3) is 3.57. The van der Waals surface area contributed by atoms with E-state index in [0.29, 0.717) is 6.42 Å². The Labute approximate surface area is 78.8 Å². The van der Waals surface area contributed by atoms with E-state index in [1.807, 2.05) is 12.1 Å². The molecule has 0 bridgehead atoms. The van der Waals surface area contributed by atoms with Crippen molar-refractivity contribution >= 4 is 0 Å². The van der Waals surface area contributed by atoms with Crippen molar-refractivity contribution in [1.82, 2.24) is 0 Å². The van der Waals surface area contributed by atoms with Gasteiger partial charge in [0, 0.05) is 13.2 Å². The van der Waals surface area contributed by atoms with Gasteiger partial charge in [0.1, 0.15) is 0 Å². The first-order valence-corrected chi connectivity index (χ1v) is 4.66. The van der Waals surface area contributed by atoms with Crippen LogP contribution in [0.25, 0.3) is 0 Å². The van der Waals surface area contributed by atoms with E-state index in [1.54, 1.807) is 0 Å². The lowest BCUT2D eigenvalue weighted by Gasteiger charge is -2.02. The minimum absolute atomic E-state index is 0.198. The lowest BCUT2D eigenvalue weighted by Crippen LogP contribution is -1.94. The monoisotopic (exact) mass is 180 g/mol. The Kier molecular flexibility index (Phi) is 4.50. The molecule has 0 aliphatic carbocycles. The number of aliphatic hydroxyl groups excluding tert-OH is 2. The molecule has 2 heteroatoms. The Bertz CT molecular complexity index is 246. The van der Waals surface area contributed by atoms with Crippen molar-refractivity contribution in [2.45, 2.75) is 19.3 Å². The molecule has 2 nitrogen and oxygen atoms in total. The highest BCUT2D eigenvalue weighted by atomic mass is 16.3. The van der Waals surface area contributed by atoms with Crippen LogP contribution in [0.15, 0.2) is 24.3 Å². The smallest absolute Gasteiger partial charge is 0.0471 e. The van der Waals surface area contributed by atoms with Gasteiger partial charge < -0.3 is 10.2 Å². The Hall–Kier alpha value is -0.860. The lowest BCUT2D eigenvalue weighted by molar-refractivity contribution is 0.288. The minimum Gasteiger partial charge on any atom is -0.396 e. The van der Waals surface area contributed by atoms with Crippen LogP contribution in [-0.2, 0) is 12.8 Å². The van der Waals surface area contributed by atoms with E-state index in [9.17, 15) is 0 Å². The van der Waals surface area contributed by atoms with Gasteiger partial charge in [0.15, 0.2) is 0 Å². The number of hydrogen-bond acceptors (Lipinski definition) is 2. The summed E-state index contributed by atoms with van der Waals surface area (Å²) in [6.45, 7) is 0.438. The van der Waals surface area contributed by atoms with Gasteiger partial charge in [-0.05, 0) is 30.4 Å². The summed E-state index contributed by atoms with van der Waals surface area (Å²) < 4.78 is 0. The zero-order chi connectivity index (χ0) is 9.52. The minimum atomic E-state index is 0.198. The van der Waals surface area contributed by atoms with Gasteiger partial charge in [0.25, 0.3) is 0 Å². The van der Waals surface area contributed by atoms with Crippen LogP contribution in [0.4, 0.5) is 0 Å². The normalized spacial score (nSPS) is 10.3. The number of aryl methyl sites for hydroxylation is 1. The van der Waals surface area contributed by atoms with Crippen LogP contribution in [0.2, 0.25) is 0 Å². The zero-order valence-electron chi connectivity index (χ0n) is 7.74. The number of rotatable bonds is 5. The fourth-order valence-corrected chi connectivity index (χ4v) is 1.35. The van der Waals surface area contributed by atoms with Crippen molar-refractivity contribution in [2.24, 2.45) is 0 Å². The molecule has 72 valence electrons. The molecule has 0 aromatic heterocycles. The molecule has 0 amide bonds. The van der Waals surface area contributed by atoms with Gasteiger partial charge in [-0.15, -0.1) is 0 Å². The van der Waals surface area contributed by atoms with Crippen LogP contribution in [-0.4, -0.2) is 23.4 Å². The molecule has 0 unspecified atom stereocenters. The summed E-state index contributed by atoms with van der Waals surface area (Å²) in [5.74, 6) is 0. The van der Waals surface area contributed by atoms with E-state index in [0.717, 1.165) is 18.4 Å². The SMILES string of the molecule is OCCCc1cccc(CCO)c1. The summed E-state index contributed by atoms with van der Waals surface area (Å²) in [6.07, 6.45) is 2.44. The fourth-order valence-electron chi connectivity index (χ4n) is 1.35. The van der Waals surface area contributed by atoms with Gasteiger partial charge in [-0.1, -0.05) is 24.3 Å². The van der Waals surface area contributed by atoms with Gasteiger partial charge in [-0.3, -0.25) is 0 Å². The van der Waals surface area contributed by atoms with E-state index in [1.165, 1.54) is 5.56 Å².